The third-order valence-corrected chi connectivity index (χ3v) is 2.74. The summed E-state index contributed by atoms with van der Waals surface area (Å²) in [5.41, 5.74) is 7.19. The lowest BCUT2D eigenvalue weighted by molar-refractivity contribution is 0.152. The van der Waals surface area contributed by atoms with Gasteiger partial charge in [-0.25, -0.2) is 0 Å². The molecule has 18 heavy (non-hydrogen) atoms. The molecule has 102 valence electrons. The lowest BCUT2D eigenvalue weighted by Gasteiger charge is -2.17. The summed E-state index contributed by atoms with van der Waals surface area (Å²) in [5, 5.41) is 0. The Morgan fingerprint density at radius 2 is 2.17 bits per heavy atom. The van der Waals surface area contributed by atoms with Crippen molar-refractivity contribution in [3.8, 4) is 5.75 Å². The number of pyridine rings is 1. The third kappa shape index (κ3) is 5.02. The molecule has 0 aliphatic rings. The van der Waals surface area contributed by atoms with Crippen LogP contribution in [0.3, 0.4) is 0 Å². The molecule has 1 aromatic rings. The lowest BCUT2D eigenvalue weighted by Crippen LogP contribution is -2.17. The zero-order valence-electron chi connectivity index (χ0n) is 11.6. The first kappa shape index (κ1) is 14.9. The van der Waals surface area contributed by atoms with Gasteiger partial charge >= 0.3 is 0 Å². The Labute approximate surface area is 110 Å². The first-order valence-electron chi connectivity index (χ1n) is 6.49. The zero-order chi connectivity index (χ0) is 13.4. The molecular weight excluding hydrogens is 228 g/mol. The van der Waals surface area contributed by atoms with Gasteiger partial charge in [-0.15, -0.1) is 0 Å². The van der Waals surface area contributed by atoms with E-state index in [0.717, 1.165) is 30.8 Å². The molecule has 0 spiro atoms. The van der Waals surface area contributed by atoms with Crippen LogP contribution in [-0.4, -0.2) is 25.3 Å². The molecule has 1 rings (SSSR count). The van der Waals surface area contributed by atoms with Crippen LogP contribution < -0.4 is 10.5 Å². The summed E-state index contributed by atoms with van der Waals surface area (Å²) >= 11 is 0. The average Bonchev–Trinajstić information content (AvgIpc) is 2.37. The molecule has 0 saturated carbocycles. The minimum absolute atomic E-state index is 0.0205. The Morgan fingerprint density at radius 1 is 1.39 bits per heavy atom. The molecule has 2 N–H and O–H groups in total. The van der Waals surface area contributed by atoms with E-state index in [4.69, 9.17) is 15.2 Å². The quantitative estimate of drug-likeness (QED) is 0.772. The fraction of sp³-hybridized carbons (Fsp3) is 0.643. The van der Waals surface area contributed by atoms with E-state index < -0.39 is 0 Å². The lowest BCUT2D eigenvalue weighted by atomic mass is 9.98. The van der Waals surface area contributed by atoms with Crippen molar-refractivity contribution in [1.29, 1.82) is 0 Å². The fourth-order valence-corrected chi connectivity index (χ4v) is 1.86. The van der Waals surface area contributed by atoms with Crippen molar-refractivity contribution >= 4 is 0 Å². The second-order valence-electron chi connectivity index (χ2n) is 4.71. The molecule has 0 radical (unpaired) electrons. The van der Waals surface area contributed by atoms with Crippen molar-refractivity contribution in [3.05, 3.63) is 24.0 Å². The van der Waals surface area contributed by atoms with Crippen LogP contribution in [0.2, 0.25) is 0 Å². The highest BCUT2D eigenvalue weighted by Gasteiger charge is 2.12. The van der Waals surface area contributed by atoms with E-state index >= 15 is 0 Å². The molecular formula is C14H24N2O2. The van der Waals surface area contributed by atoms with Gasteiger partial charge in [-0.05, 0) is 30.4 Å². The number of nitrogens with two attached hydrogens (primary N) is 1. The molecule has 0 saturated heterocycles. The molecule has 2 unspecified atom stereocenters. The number of rotatable bonds is 8. The smallest absolute Gasteiger partial charge is 0.137 e. The second-order valence-corrected chi connectivity index (χ2v) is 4.71. The molecule has 2 atom stereocenters. The number of aromatic nitrogens is 1. The van der Waals surface area contributed by atoms with E-state index in [-0.39, 0.29) is 6.04 Å². The predicted octanol–water partition coefficient (Wildman–Crippen LogP) is 2.54. The number of ether oxygens (including phenoxy) is 2. The molecule has 1 heterocycles. The van der Waals surface area contributed by atoms with E-state index in [9.17, 15) is 0 Å². The number of nitrogens with zero attached hydrogens (tertiary/aromatic N) is 1. The van der Waals surface area contributed by atoms with Crippen molar-refractivity contribution in [1.82, 2.24) is 4.98 Å². The largest absolute Gasteiger partial charge is 0.492 e. The van der Waals surface area contributed by atoms with Crippen LogP contribution in [0, 0.1) is 5.92 Å². The molecule has 0 aliphatic carbocycles. The van der Waals surface area contributed by atoms with Gasteiger partial charge in [-0.3, -0.25) is 4.98 Å². The van der Waals surface area contributed by atoms with E-state index in [2.05, 4.69) is 18.8 Å². The molecule has 0 bridgehead atoms. The van der Waals surface area contributed by atoms with E-state index in [0.29, 0.717) is 12.5 Å². The monoisotopic (exact) mass is 252 g/mol. The van der Waals surface area contributed by atoms with Gasteiger partial charge in [0.1, 0.15) is 5.75 Å². The highest BCUT2D eigenvalue weighted by molar-refractivity contribution is 5.25. The fourth-order valence-electron chi connectivity index (χ4n) is 1.86. The number of hydrogen-bond donors (Lipinski definition) is 1. The molecule has 1 aromatic heterocycles. The highest BCUT2D eigenvalue weighted by Crippen LogP contribution is 2.21. The van der Waals surface area contributed by atoms with Gasteiger partial charge in [0.2, 0.25) is 0 Å². The van der Waals surface area contributed by atoms with Crippen LogP contribution in [0.5, 0.6) is 5.75 Å². The van der Waals surface area contributed by atoms with Crippen molar-refractivity contribution in [2.75, 3.05) is 20.3 Å². The maximum absolute atomic E-state index is 6.17. The summed E-state index contributed by atoms with van der Waals surface area (Å²) in [6, 6.07) is 1.96. The first-order chi connectivity index (χ1) is 8.67. The molecule has 0 aliphatic heterocycles. The minimum Gasteiger partial charge on any atom is -0.492 e. The topological polar surface area (TPSA) is 57.4 Å². The van der Waals surface area contributed by atoms with Crippen molar-refractivity contribution in [2.24, 2.45) is 11.7 Å². The Bertz CT molecular complexity index is 344. The van der Waals surface area contributed by atoms with Gasteiger partial charge in [0.05, 0.1) is 12.8 Å². The van der Waals surface area contributed by atoms with Gasteiger partial charge in [-0.2, -0.15) is 0 Å². The Hall–Kier alpha value is -1.13. The van der Waals surface area contributed by atoms with Crippen LogP contribution >= 0.6 is 0 Å². The predicted molar refractivity (Wildman–Crippen MR) is 72.6 cm³/mol. The third-order valence-electron chi connectivity index (χ3n) is 2.74. The van der Waals surface area contributed by atoms with Crippen molar-refractivity contribution < 1.29 is 9.47 Å². The Kier molecular flexibility index (Phi) is 6.68. The molecule has 4 heteroatoms. The standard InChI is InChI=1S/C14H24N2O2/c1-4-5-18-13-7-12(8-16-9-13)14(15)6-11(2)10-17-3/h7-9,11,14H,4-6,10,15H2,1-3H3. The maximum Gasteiger partial charge on any atom is 0.137 e. The summed E-state index contributed by atoms with van der Waals surface area (Å²) in [7, 11) is 1.71. The first-order valence-corrected chi connectivity index (χ1v) is 6.49. The zero-order valence-corrected chi connectivity index (χ0v) is 11.6. The van der Waals surface area contributed by atoms with Crippen LogP contribution in [0.1, 0.15) is 38.3 Å². The van der Waals surface area contributed by atoms with Gasteiger partial charge in [0, 0.05) is 26.0 Å². The highest BCUT2D eigenvalue weighted by atomic mass is 16.5. The summed E-state index contributed by atoms with van der Waals surface area (Å²) in [6.07, 6.45) is 5.40. The van der Waals surface area contributed by atoms with Gasteiger partial charge in [0.15, 0.2) is 0 Å². The second kappa shape index (κ2) is 8.06. The molecule has 0 aromatic carbocycles. The van der Waals surface area contributed by atoms with E-state index in [1.165, 1.54) is 0 Å². The Morgan fingerprint density at radius 3 is 2.83 bits per heavy atom. The number of methoxy groups -OCH3 is 1. The van der Waals surface area contributed by atoms with Gasteiger partial charge < -0.3 is 15.2 Å². The summed E-state index contributed by atoms with van der Waals surface area (Å²) in [5.74, 6) is 1.23. The number of hydrogen-bond acceptors (Lipinski definition) is 4. The summed E-state index contributed by atoms with van der Waals surface area (Å²) in [4.78, 5) is 4.18. The van der Waals surface area contributed by atoms with E-state index in [1.54, 1.807) is 13.3 Å². The van der Waals surface area contributed by atoms with E-state index in [1.807, 2.05) is 12.3 Å². The normalized spacial score (nSPS) is 14.2. The molecule has 0 amide bonds. The van der Waals surface area contributed by atoms with Crippen molar-refractivity contribution in [2.45, 2.75) is 32.7 Å². The minimum atomic E-state index is -0.0205. The maximum atomic E-state index is 6.17. The van der Waals surface area contributed by atoms with Gasteiger partial charge in [-0.1, -0.05) is 13.8 Å². The summed E-state index contributed by atoms with van der Waals surface area (Å²) < 4.78 is 10.7. The van der Waals surface area contributed by atoms with Gasteiger partial charge in [0.25, 0.3) is 0 Å². The summed E-state index contributed by atoms with van der Waals surface area (Å²) in [6.45, 7) is 5.65. The van der Waals surface area contributed by atoms with Crippen LogP contribution in [0.25, 0.3) is 0 Å². The van der Waals surface area contributed by atoms with Crippen molar-refractivity contribution in [3.63, 3.8) is 0 Å². The van der Waals surface area contributed by atoms with Crippen LogP contribution in [0.4, 0.5) is 0 Å². The van der Waals surface area contributed by atoms with Crippen LogP contribution in [0.15, 0.2) is 18.5 Å². The average molecular weight is 252 g/mol. The van der Waals surface area contributed by atoms with Crippen LogP contribution in [-0.2, 0) is 4.74 Å². The molecule has 4 nitrogen and oxygen atoms in total. The SMILES string of the molecule is CCCOc1cncc(C(N)CC(C)COC)c1. The Balaban J connectivity index is 2.58. The molecule has 0 fully saturated rings.